The Morgan fingerprint density at radius 1 is 1.35 bits per heavy atom. The molecule has 90 valence electrons. The highest BCUT2D eigenvalue weighted by Crippen LogP contribution is 2.18. The van der Waals surface area contributed by atoms with Gasteiger partial charge in [-0.1, -0.05) is 28.1 Å². The third kappa shape index (κ3) is 3.63. The molecule has 4 heteroatoms. The highest BCUT2D eigenvalue weighted by molar-refractivity contribution is 9.10. The van der Waals surface area contributed by atoms with Gasteiger partial charge in [0, 0.05) is 28.1 Å². The van der Waals surface area contributed by atoms with Crippen molar-refractivity contribution >= 4 is 27.3 Å². The van der Waals surface area contributed by atoms with Crippen LogP contribution in [0.3, 0.4) is 0 Å². The second-order valence-electron chi connectivity index (χ2n) is 4.00. The summed E-state index contributed by atoms with van der Waals surface area (Å²) in [7, 11) is 0. The number of benzene rings is 1. The Morgan fingerprint density at radius 2 is 2.06 bits per heavy atom. The van der Waals surface area contributed by atoms with E-state index in [1.54, 1.807) is 11.3 Å². The van der Waals surface area contributed by atoms with Crippen LogP contribution >= 0.6 is 27.3 Å². The maximum absolute atomic E-state index is 4.25. The van der Waals surface area contributed by atoms with Gasteiger partial charge in [-0.25, -0.2) is 4.98 Å². The molecule has 0 saturated carbocycles. The van der Waals surface area contributed by atoms with Crippen molar-refractivity contribution < 1.29 is 0 Å². The van der Waals surface area contributed by atoms with Gasteiger partial charge < -0.3 is 5.32 Å². The van der Waals surface area contributed by atoms with Crippen molar-refractivity contribution in [2.24, 2.45) is 0 Å². The van der Waals surface area contributed by atoms with Crippen molar-refractivity contribution in [1.29, 1.82) is 0 Å². The van der Waals surface area contributed by atoms with Gasteiger partial charge in [-0.2, -0.15) is 0 Å². The van der Waals surface area contributed by atoms with Gasteiger partial charge in [0.1, 0.15) is 0 Å². The molecule has 2 nitrogen and oxygen atoms in total. The van der Waals surface area contributed by atoms with Crippen molar-refractivity contribution in [3.8, 4) is 0 Å². The molecule has 0 saturated heterocycles. The average molecular weight is 311 g/mol. The predicted molar refractivity (Wildman–Crippen MR) is 76.2 cm³/mol. The molecule has 1 N–H and O–H groups in total. The van der Waals surface area contributed by atoms with Gasteiger partial charge in [0.25, 0.3) is 0 Å². The van der Waals surface area contributed by atoms with E-state index >= 15 is 0 Å². The molecule has 0 amide bonds. The fraction of sp³-hybridized carbons (Fsp3) is 0.308. The standard InChI is InChI=1S/C13H15BrN2S/c1-9(11-3-5-12(14)6-4-11)15-7-13-8-16-10(2)17-13/h3-6,8-9,15H,7H2,1-2H3/t9-/m0/s1. The molecule has 0 spiro atoms. The molecule has 17 heavy (non-hydrogen) atoms. The molecule has 0 bridgehead atoms. The van der Waals surface area contributed by atoms with Gasteiger partial charge in [-0.3, -0.25) is 0 Å². The van der Waals surface area contributed by atoms with Gasteiger partial charge in [-0.15, -0.1) is 11.3 Å². The first-order valence-electron chi connectivity index (χ1n) is 5.55. The lowest BCUT2D eigenvalue weighted by molar-refractivity contribution is 0.578. The zero-order valence-corrected chi connectivity index (χ0v) is 12.3. The Kier molecular flexibility index (Phi) is 4.31. The summed E-state index contributed by atoms with van der Waals surface area (Å²) in [4.78, 5) is 5.53. The van der Waals surface area contributed by atoms with Gasteiger partial charge >= 0.3 is 0 Å². The number of aromatic nitrogens is 1. The molecule has 0 aliphatic carbocycles. The van der Waals surface area contributed by atoms with E-state index in [1.807, 2.05) is 13.1 Å². The molecule has 1 aromatic carbocycles. The first kappa shape index (κ1) is 12.7. The van der Waals surface area contributed by atoms with Crippen LogP contribution in [0.25, 0.3) is 0 Å². The van der Waals surface area contributed by atoms with E-state index in [2.05, 4.69) is 57.4 Å². The van der Waals surface area contributed by atoms with Crippen LogP contribution in [0.4, 0.5) is 0 Å². The number of hydrogen-bond acceptors (Lipinski definition) is 3. The zero-order valence-electron chi connectivity index (χ0n) is 9.90. The maximum Gasteiger partial charge on any atom is 0.0897 e. The zero-order chi connectivity index (χ0) is 12.3. The highest BCUT2D eigenvalue weighted by Gasteiger charge is 2.05. The Morgan fingerprint density at radius 3 is 2.65 bits per heavy atom. The third-order valence-corrected chi connectivity index (χ3v) is 4.06. The number of thiazole rings is 1. The molecule has 0 aliphatic heterocycles. The third-order valence-electron chi connectivity index (χ3n) is 2.62. The van der Waals surface area contributed by atoms with Crippen molar-refractivity contribution in [1.82, 2.24) is 10.3 Å². The topological polar surface area (TPSA) is 24.9 Å². The van der Waals surface area contributed by atoms with E-state index in [1.165, 1.54) is 10.4 Å². The molecule has 0 aliphatic rings. The Labute approximate surface area is 114 Å². The van der Waals surface area contributed by atoms with E-state index < -0.39 is 0 Å². The van der Waals surface area contributed by atoms with Crippen LogP contribution in [0.2, 0.25) is 0 Å². The van der Waals surface area contributed by atoms with Crippen molar-refractivity contribution in [2.45, 2.75) is 26.4 Å². The molecule has 2 aromatic rings. The van der Waals surface area contributed by atoms with E-state index in [0.29, 0.717) is 6.04 Å². The summed E-state index contributed by atoms with van der Waals surface area (Å²) in [6.45, 7) is 5.09. The number of halogens is 1. The van der Waals surface area contributed by atoms with Crippen LogP contribution < -0.4 is 5.32 Å². The smallest absolute Gasteiger partial charge is 0.0897 e. The molecule has 0 unspecified atom stereocenters. The first-order chi connectivity index (χ1) is 8.15. The molecule has 2 rings (SSSR count). The Hall–Kier alpha value is -0.710. The fourth-order valence-electron chi connectivity index (χ4n) is 1.61. The van der Waals surface area contributed by atoms with Crippen LogP contribution in [-0.4, -0.2) is 4.98 Å². The quantitative estimate of drug-likeness (QED) is 0.921. The SMILES string of the molecule is Cc1ncc(CN[C@@H](C)c2ccc(Br)cc2)s1. The van der Waals surface area contributed by atoms with Crippen LogP contribution in [0, 0.1) is 6.92 Å². The van der Waals surface area contributed by atoms with E-state index in [9.17, 15) is 0 Å². The lowest BCUT2D eigenvalue weighted by Gasteiger charge is -2.13. The minimum absolute atomic E-state index is 0.352. The normalized spacial score (nSPS) is 12.6. The summed E-state index contributed by atoms with van der Waals surface area (Å²) in [6, 6.07) is 8.78. The lowest BCUT2D eigenvalue weighted by Crippen LogP contribution is -2.17. The number of nitrogens with zero attached hydrogens (tertiary/aromatic N) is 1. The van der Waals surface area contributed by atoms with Crippen LogP contribution in [-0.2, 0) is 6.54 Å². The van der Waals surface area contributed by atoms with Gasteiger partial charge in [0.2, 0.25) is 0 Å². The fourth-order valence-corrected chi connectivity index (χ4v) is 2.62. The summed E-state index contributed by atoms with van der Waals surface area (Å²) in [5.74, 6) is 0. The second kappa shape index (κ2) is 5.76. The molecular weight excluding hydrogens is 296 g/mol. The van der Waals surface area contributed by atoms with E-state index in [-0.39, 0.29) is 0 Å². The van der Waals surface area contributed by atoms with Gasteiger partial charge in [0.15, 0.2) is 0 Å². The van der Waals surface area contributed by atoms with Crippen LogP contribution in [0.1, 0.15) is 28.4 Å². The largest absolute Gasteiger partial charge is 0.305 e. The average Bonchev–Trinajstić information content (AvgIpc) is 2.73. The van der Waals surface area contributed by atoms with Crippen molar-refractivity contribution in [3.63, 3.8) is 0 Å². The highest BCUT2D eigenvalue weighted by atomic mass is 79.9. The van der Waals surface area contributed by atoms with Crippen molar-refractivity contribution in [2.75, 3.05) is 0 Å². The summed E-state index contributed by atoms with van der Waals surface area (Å²) < 4.78 is 1.12. The molecular formula is C13H15BrN2S. The molecule has 0 radical (unpaired) electrons. The maximum atomic E-state index is 4.25. The molecule has 1 atom stereocenters. The summed E-state index contributed by atoms with van der Waals surface area (Å²) in [5.41, 5.74) is 1.30. The minimum Gasteiger partial charge on any atom is -0.305 e. The lowest BCUT2D eigenvalue weighted by atomic mass is 10.1. The summed E-state index contributed by atoms with van der Waals surface area (Å²) in [5, 5.41) is 4.63. The van der Waals surface area contributed by atoms with Crippen molar-refractivity contribution in [3.05, 3.63) is 50.4 Å². The molecule has 1 heterocycles. The number of aryl methyl sites for hydroxylation is 1. The van der Waals surface area contributed by atoms with Crippen LogP contribution in [0.15, 0.2) is 34.9 Å². The number of hydrogen-bond donors (Lipinski definition) is 1. The molecule has 0 fully saturated rings. The number of rotatable bonds is 4. The summed E-state index contributed by atoms with van der Waals surface area (Å²) in [6.07, 6.45) is 1.95. The Balaban J connectivity index is 1.93. The monoisotopic (exact) mass is 310 g/mol. The first-order valence-corrected chi connectivity index (χ1v) is 7.16. The number of nitrogens with one attached hydrogen (secondary N) is 1. The Bertz CT molecular complexity index is 478. The molecule has 1 aromatic heterocycles. The van der Waals surface area contributed by atoms with Gasteiger partial charge in [0.05, 0.1) is 5.01 Å². The van der Waals surface area contributed by atoms with Gasteiger partial charge in [-0.05, 0) is 31.5 Å². The predicted octanol–water partition coefficient (Wildman–Crippen LogP) is 4.06. The second-order valence-corrected chi connectivity index (χ2v) is 6.23. The minimum atomic E-state index is 0.352. The van der Waals surface area contributed by atoms with Crippen LogP contribution in [0.5, 0.6) is 0 Å². The van der Waals surface area contributed by atoms with E-state index in [4.69, 9.17) is 0 Å². The summed E-state index contributed by atoms with van der Waals surface area (Å²) >= 11 is 5.19. The van der Waals surface area contributed by atoms with E-state index in [0.717, 1.165) is 16.0 Å².